The number of hydrogen-bond donors (Lipinski definition) is 1. The Morgan fingerprint density at radius 3 is 2.54 bits per heavy atom. The van der Waals surface area contributed by atoms with Crippen LogP contribution < -0.4 is 4.74 Å². The zero-order valence-electron chi connectivity index (χ0n) is 16.4. The van der Waals surface area contributed by atoms with Crippen molar-refractivity contribution in [1.29, 1.82) is 0 Å². The van der Waals surface area contributed by atoms with Gasteiger partial charge in [-0.3, -0.25) is 9.69 Å². The molecule has 0 saturated carbocycles. The standard InChI is InChI=1S/C20H32N2O4/c1-15(2)26-12-7-18(23)14-21-8-10-22(11-9-21)20(24)17-6-5-16(3)19(13-17)25-4/h5-6,13,15,18,23H,7-12,14H2,1-4H3/t18-/m0/s1. The van der Waals surface area contributed by atoms with Crippen LogP contribution in [0, 0.1) is 6.92 Å². The summed E-state index contributed by atoms with van der Waals surface area (Å²) in [7, 11) is 1.62. The van der Waals surface area contributed by atoms with E-state index in [1.807, 2.05) is 43.9 Å². The SMILES string of the molecule is COc1cc(C(=O)N2CCN(C[C@@H](O)CCOC(C)C)CC2)ccc1C. The van der Waals surface area contributed by atoms with Crippen LogP contribution in [0.2, 0.25) is 0 Å². The van der Waals surface area contributed by atoms with Crippen LogP contribution in [0.4, 0.5) is 0 Å². The van der Waals surface area contributed by atoms with E-state index in [4.69, 9.17) is 9.47 Å². The van der Waals surface area contributed by atoms with Crippen LogP contribution in [-0.2, 0) is 4.74 Å². The zero-order valence-corrected chi connectivity index (χ0v) is 16.4. The predicted molar refractivity (Wildman–Crippen MR) is 102 cm³/mol. The van der Waals surface area contributed by atoms with Gasteiger partial charge in [-0.1, -0.05) is 6.07 Å². The van der Waals surface area contributed by atoms with E-state index >= 15 is 0 Å². The van der Waals surface area contributed by atoms with Crippen molar-refractivity contribution in [2.24, 2.45) is 0 Å². The molecule has 0 bridgehead atoms. The van der Waals surface area contributed by atoms with Crippen molar-refractivity contribution in [1.82, 2.24) is 9.80 Å². The molecule has 0 unspecified atom stereocenters. The van der Waals surface area contributed by atoms with Crippen LogP contribution in [0.5, 0.6) is 5.75 Å². The number of rotatable bonds is 8. The molecule has 2 rings (SSSR count). The molecule has 146 valence electrons. The number of benzene rings is 1. The van der Waals surface area contributed by atoms with Gasteiger partial charge in [0.05, 0.1) is 19.3 Å². The fourth-order valence-corrected chi connectivity index (χ4v) is 3.10. The summed E-state index contributed by atoms with van der Waals surface area (Å²) in [4.78, 5) is 16.8. The number of aryl methyl sites for hydroxylation is 1. The highest BCUT2D eigenvalue weighted by atomic mass is 16.5. The highest BCUT2D eigenvalue weighted by Gasteiger charge is 2.23. The fourth-order valence-electron chi connectivity index (χ4n) is 3.10. The van der Waals surface area contributed by atoms with Gasteiger partial charge in [0.25, 0.3) is 5.91 Å². The minimum Gasteiger partial charge on any atom is -0.496 e. The Balaban J connectivity index is 1.79. The normalized spacial score (nSPS) is 16.8. The van der Waals surface area contributed by atoms with Gasteiger partial charge < -0.3 is 19.5 Å². The number of hydrogen-bond acceptors (Lipinski definition) is 5. The molecular formula is C20H32N2O4. The molecular weight excluding hydrogens is 332 g/mol. The molecule has 0 radical (unpaired) electrons. The number of β-amino-alcohol motifs (C(OH)–C–C–N with tert-alkyl or cyclic N) is 1. The second kappa shape index (κ2) is 9.90. The minimum absolute atomic E-state index is 0.0360. The molecule has 1 aromatic carbocycles. The number of methoxy groups -OCH3 is 1. The van der Waals surface area contributed by atoms with E-state index < -0.39 is 6.10 Å². The third-order valence-corrected chi connectivity index (χ3v) is 4.69. The van der Waals surface area contributed by atoms with E-state index in [0.717, 1.165) is 24.4 Å². The molecule has 1 heterocycles. The molecule has 6 heteroatoms. The van der Waals surface area contributed by atoms with Crippen LogP contribution in [0.3, 0.4) is 0 Å². The van der Waals surface area contributed by atoms with Crippen molar-refractivity contribution in [3.8, 4) is 5.75 Å². The third-order valence-electron chi connectivity index (χ3n) is 4.69. The number of aliphatic hydroxyl groups excluding tert-OH is 1. The summed E-state index contributed by atoms with van der Waals surface area (Å²) in [6.45, 7) is 10.0. The van der Waals surface area contributed by atoms with Gasteiger partial charge in [-0.05, 0) is 44.9 Å². The van der Waals surface area contributed by atoms with Crippen molar-refractivity contribution >= 4 is 5.91 Å². The van der Waals surface area contributed by atoms with Crippen molar-refractivity contribution < 1.29 is 19.4 Å². The molecule has 6 nitrogen and oxygen atoms in total. The van der Waals surface area contributed by atoms with Crippen molar-refractivity contribution in [3.05, 3.63) is 29.3 Å². The van der Waals surface area contributed by atoms with E-state index in [0.29, 0.717) is 38.2 Å². The first-order valence-electron chi connectivity index (χ1n) is 9.36. The molecule has 0 aliphatic carbocycles. The van der Waals surface area contributed by atoms with Gasteiger partial charge in [-0.15, -0.1) is 0 Å². The van der Waals surface area contributed by atoms with Crippen molar-refractivity contribution in [2.45, 2.75) is 39.4 Å². The largest absolute Gasteiger partial charge is 0.496 e. The van der Waals surface area contributed by atoms with Gasteiger partial charge in [0.15, 0.2) is 0 Å². The highest BCUT2D eigenvalue weighted by Crippen LogP contribution is 2.20. The molecule has 1 aromatic rings. The van der Waals surface area contributed by atoms with Gasteiger partial charge in [0.2, 0.25) is 0 Å². The Hall–Kier alpha value is -1.63. The number of ether oxygens (including phenoxy) is 2. The molecule has 1 saturated heterocycles. The number of amides is 1. The number of piperazine rings is 1. The van der Waals surface area contributed by atoms with Crippen LogP contribution in [0.15, 0.2) is 18.2 Å². The van der Waals surface area contributed by atoms with E-state index in [1.54, 1.807) is 7.11 Å². The van der Waals surface area contributed by atoms with Crippen LogP contribution in [0.25, 0.3) is 0 Å². The second-order valence-electron chi connectivity index (χ2n) is 7.14. The van der Waals surface area contributed by atoms with Crippen LogP contribution >= 0.6 is 0 Å². The maximum Gasteiger partial charge on any atom is 0.254 e. The lowest BCUT2D eigenvalue weighted by atomic mass is 10.1. The Bertz CT molecular complexity index is 583. The summed E-state index contributed by atoms with van der Waals surface area (Å²) in [5.41, 5.74) is 1.68. The Morgan fingerprint density at radius 1 is 1.23 bits per heavy atom. The van der Waals surface area contributed by atoms with Crippen molar-refractivity contribution in [2.75, 3.05) is 46.4 Å². The average Bonchev–Trinajstić information content (AvgIpc) is 2.62. The topological polar surface area (TPSA) is 62.2 Å². The van der Waals surface area contributed by atoms with Gasteiger partial charge in [-0.2, -0.15) is 0 Å². The third kappa shape index (κ3) is 5.97. The first-order valence-corrected chi connectivity index (χ1v) is 9.36. The molecule has 0 spiro atoms. The van der Waals surface area contributed by atoms with Gasteiger partial charge in [0, 0.05) is 44.9 Å². The Labute approximate surface area is 156 Å². The molecule has 0 aromatic heterocycles. The van der Waals surface area contributed by atoms with Gasteiger partial charge >= 0.3 is 0 Å². The van der Waals surface area contributed by atoms with Gasteiger partial charge in [0.1, 0.15) is 5.75 Å². The second-order valence-corrected chi connectivity index (χ2v) is 7.14. The molecule has 1 amide bonds. The lowest BCUT2D eigenvalue weighted by Gasteiger charge is -2.35. The van der Waals surface area contributed by atoms with Crippen molar-refractivity contribution in [3.63, 3.8) is 0 Å². The number of carbonyl (C=O) groups excluding carboxylic acids is 1. The molecule has 1 aliphatic rings. The lowest BCUT2D eigenvalue weighted by molar-refractivity contribution is 0.0256. The first-order chi connectivity index (χ1) is 12.4. The summed E-state index contributed by atoms with van der Waals surface area (Å²) in [5.74, 6) is 0.773. The maximum atomic E-state index is 12.7. The van der Waals surface area contributed by atoms with Crippen LogP contribution in [-0.4, -0.2) is 79.5 Å². The molecule has 1 fully saturated rings. The molecule has 1 N–H and O–H groups in total. The molecule has 26 heavy (non-hydrogen) atoms. The first kappa shape index (κ1) is 20.7. The van der Waals surface area contributed by atoms with E-state index in [9.17, 15) is 9.90 Å². The fraction of sp³-hybridized carbons (Fsp3) is 0.650. The number of carbonyl (C=O) groups is 1. The summed E-state index contributed by atoms with van der Waals surface area (Å²) in [6.07, 6.45) is 0.440. The predicted octanol–water partition coefficient (Wildman–Crippen LogP) is 1.94. The Morgan fingerprint density at radius 2 is 1.92 bits per heavy atom. The summed E-state index contributed by atoms with van der Waals surface area (Å²) < 4.78 is 10.8. The quantitative estimate of drug-likeness (QED) is 0.764. The van der Waals surface area contributed by atoms with E-state index in [-0.39, 0.29) is 12.0 Å². The smallest absolute Gasteiger partial charge is 0.254 e. The van der Waals surface area contributed by atoms with Gasteiger partial charge in [-0.25, -0.2) is 0 Å². The van der Waals surface area contributed by atoms with E-state index in [1.165, 1.54) is 0 Å². The number of aliphatic hydroxyl groups is 1. The number of nitrogens with zero attached hydrogens (tertiary/aromatic N) is 2. The zero-order chi connectivity index (χ0) is 19.1. The highest BCUT2D eigenvalue weighted by molar-refractivity contribution is 5.94. The average molecular weight is 364 g/mol. The Kier molecular flexibility index (Phi) is 7.87. The maximum absolute atomic E-state index is 12.7. The lowest BCUT2D eigenvalue weighted by Crippen LogP contribution is -2.50. The summed E-state index contributed by atoms with van der Waals surface area (Å²) in [6, 6.07) is 5.57. The monoisotopic (exact) mass is 364 g/mol. The summed E-state index contributed by atoms with van der Waals surface area (Å²) in [5, 5.41) is 10.1. The van der Waals surface area contributed by atoms with Crippen LogP contribution in [0.1, 0.15) is 36.2 Å². The minimum atomic E-state index is -0.391. The van der Waals surface area contributed by atoms with E-state index in [2.05, 4.69) is 4.90 Å². The molecule has 1 atom stereocenters. The summed E-state index contributed by atoms with van der Waals surface area (Å²) >= 11 is 0. The molecule has 1 aliphatic heterocycles.